The predicted molar refractivity (Wildman–Crippen MR) is 110 cm³/mol. The van der Waals surface area contributed by atoms with E-state index in [4.69, 9.17) is 9.47 Å². The van der Waals surface area contributed by atoms with Crippen LogP contribution in [0, 0.1) is 0 Å². The summed E-state index contributed by atoms with van der Waals surface area (Å²) in [6.45, 7) is 2.92. The van der Waals surface area contributed by atoms with Crippen molar-refractivity contribution in [1.29, 1.82) is 0 Å². The van der Waals surface area contributed by atoms with Crippen LogP contribution in [0.2, 0.25) is 0 Å². The first-order valence-corrected chi connectivity index (χ1v) is 9.65. The first-order chi connectivity index (χ1) is 14.0. The van der Waals surface area contributed by atoms with Gasteiger partial charge in [-0.15, -0.1) is 0 Å². The normalized spacial score (nSPS) is 12.3. The number of aliphatic hydroxyl groups excluding tert-OH is 1. The molecule has 0 saturated heterocycles. The topological polar surface area (TPSA) is 114 Å². The second-order valence-electron chi connectivity index (χ2n) is 6.74. The van der Waals surface area contributed by atoms with Gasteiger partial charge in [-0.2, -0.15) is 9.97 Å². The molecule has 9 heteroatoms. The fraction of sp³-hybridized carbons (Fsp3) is 0.450. The van der Waals surface area contributed by atoms with Crippen LogP contribution < -0.4 is 15.7 Å². The van der Waals surface area contributed by atoms with Crippen molar-refractivity contribution >= 4 is 17.0 Å². The molecule has 3 N–H and O–H groups in total. The third-order valence-electron chi connectivity index (χ3n) is 4.58. The first-order valence-electron chi connectivity index (χ1n) is 9.65. The summed E-state index contributed by atoms with van der Waals surface area (Å²) in [5.74, 6) is 0.509. The Hall–Kier alpha value is -2.91. The zero-order valence-corrected chi connectivity index (χ0v) is 16.9. The van der Waals surface area contributed by atoms with Crippen LogP contribution in [0.1, 0.15) is 30.9 Å². The molecule has 0 bridgehead atoms. The maximum Gasteiger partial charge on any atom is 0.328 e. The Morgan fingerprint density at radius 3 is 2.83 bits per heavy atom. The van der Waals surface area contributed by atoms with Crippen LogP contribution >= 0.6 is 0 Å². The van der Waals surface area contributed by atoms with E-state index in [-0.39, 0.29) is 11.7 Å². The van der Waals surface area contributed by atoms with E-state index < -0.39 is 6.29 Å². The van der Waals surface area contributed by atoms with E-state index >= 15 is 0 Å². The van der Waals surface area contributed by atoms with Gasteiger partial charge in [0.1, 0.15) is 5.52 Å². The Morgan fingerprint density at radius 2 is 2.10 bits per heavy atom. The van der Waals surface area contributed by atoms with E-state index in [0.717, 1.165) is 24.0 Å². The molecule has 0 fully saturated rings. The highest BCUT2D eigenvalue weighted by Gasteiger charge is 2.16. The lowest BCUT2D eigenvalue weighted by molar-refractivity contribution is -0.0720. The molecule has 3 aromatic rings. The predicted octanol–water partition coefficient (Wildman–Crippen LogP) is 1.90. The number of H-pyrrole nitrogens is 1. The molecule has 0 aliphatic carbocycles. The van der Waals surface area contributed by atoms with E-state index in [1.54, 1.807) is 11.6 Å². The number of aromatic nitrogens is 4. The number of unbranched alkanes of at least 4 members (excludes halogenated alkanes) is 1. The third kappa shape index (κ3) is 4.93. The lowest BCUT2D eigenvalue weighted by Gasteiger charge is -2.10. The second kappa shape index (κ2) is 9.53. The Balaban J connectivity index is 1.94. The maximum atomic E-state index is 12.6. The molecule has 0 saturated carbocycles. The quantitative estimate of drug-likeness (QED) is 0.351. The second-order valence-corrected chi connectivity index (χ2v) is 6.74. The van der Waals surface area contributed by atoms with Crippen LogP contribution in [0.15, 0.2) is 29.1 Å². The Labute approximate surface area is 168 Å². The maximum absolute atomic E-state index is 12.6. The minimum Gasteiger partial charge on any atom is -0.463 e. The summed E-state index contributed by atoms with van der Waals surface area (Å²) in [5.41, 5.74) is 2.55. The number of methoxy groups -OCH3 is 1. The highest BCUT2D eigenvalue weighted by Crippen LogP contribution is 2.21. The van der Waals surface area contributed by atoms with Gasteiger partial charge >= 0.3 is 11.7 Å². The van der Waals surface area contributed by atoms with Crippen molar-refractivity contribution in [2.24, 2.45) is 0 Å². The van der Waals surface area contributed by atoms with Gasteiger partial charge in [0.25, 0.3) is 0 Å². The van der Waals surface area contributed by atoms with E-state index in [2.05, 4.69) is 27.2 Å². The smallest absolute Gasteiger partial charge is 0.328 e. The van der Waals surface area contributed by atoms with Gasteiger partial charge in [0.2, 0.25) is 0 Å². The highest BCUT2D eigenvalue weighted by atomic mass is 16.6. The van der Waals surface area contributed by atoms with Crippen molar-refractivity contribution in [2.45, 2.75) is 39.0 Å². The van der Waals surface area contributed by atoms with Crippen LogP contribution in [-0.2, 0) is 17.7 Å². The number of rotatable bonds is 10. The molecule has 0 spiro atoms. The summed E-state index contributed by atoms with van der Waals surface area (Å²) in [7, 11) is 3.19. The fourth-order valence-corrected chi connectivity index (χ4v) is 3.03. The molecule has 1 unspecified atom stereocenters. The molecule has 0 aliphatic heterocycles. The van der Waals surface area contributed by atoms with Gasteiger partial charge in [0.05, 0.1) is 13.2 Å². The number of imidazole rings is 1. The van der Waals surface area contributed by atoms with Gasteiger partial charge in [0.15, 0.2) is 17.8 Å². The zero-order chi connectivity index (χ0) is 20.8. The largest absolute Gasteiger partial charge is 0.463 e. The molecule has 2 aromatic heterocycles. The van der Waals surface area contributed by atoms with Crippen LogP contribution in [-0.4, -0.2) is 51.7 Å². The third-order valence-corrected chi connectivity index (χ3v) is 4.58. The molecular weight excluding hydrogens is 374 g/mol. The van der Waals surface area contributed by atoms with Gasteiger partial charge in [-0.1, -0.05) is 37.6 Å². The summed E-state index contributed by atoms with van der Waals surface area (Å²) < 4.78 is 12.1. The molecule has 0 amide bonds. The SMILES string of the molecule is CCCCOc1nc(NC)c2[nH]c(=O)n(Cc3cccc(CC(O)OC)c3)c2n1. The number of nitrogens with one attached hydrogen (secondary N) is 2. The summed E-state index contributed by atoms with van der Waals surface area (Å²) in [6.07, 6.45) is 1.41. The molecule has 1 atom stereocenters. The van der Waals surface area contributed by atoms with Crippen molar-refractivity contribution in [3.63, 3.8) is 0 Å². The number of hydrogen-bond acceptors (Lipinski definition) is 7. The molecule has 0 aliphatic rings. The van der Waals surface area contributed by atoms with Gasteiger partial charge in [-0.3, -0.25) is 4.57 Å². The Kier molecular flexibility index (Phi) is 6.84. The average Bonchev–Trinajstić information content (AvgIpc) is 3.03. The molecule has 29 heavy (non-hydrogen) atoms. The van der Waals surface area contributed by atoms with Crippen molar-refractivity contribution in [2.75, 3.05) is 26.1 Å². The first kappa shape index (κ1) is 20.8. The Morgan fingerprint density at radius 1 is 1.31 bits per heavy atom. The number of benzene rings is 1. The lowest BCUT2D eigenvalue weighted by atomic mass is 10.1. The molecule has 3 rings (SSSR count). The van der Waals surface area contributed by atoms with Gasteiger partial charge in [0, 0.05) is 20.6 Å². The summed E-state index contributed by atoms with van der Waals surface area (Å²) in [4.78, 5) is 24.2. The molecular formula is C20H27N5O4. The number of aliphatic hydroxyl groups is 1. The minimum absolute atomic E-state index is 0.236. The van der Waals surface area contributed by atoms with E-state index in [9.17, 15) is 9.90 Å². The summed E-state index contributed by atoms with van der Waals surface area (Å²) in [5, 5.41) is 12.7. The molecule has 2 heterocycles. The summed E-state index contributed by atoms with van der Waals surface area (Å²) in [6, 6.07) is 7.89. The number of aromatic amines is 1. The molecule has 0 radical (unpaired) electrons. The average molecular weight is 401 g/mol. The standard InChI is InChI=1S/C20H27N5O4/c1-4-5-9-29-19-23-17(21-2)16-18(24-19)25(20(27)22-16)12-14-8-6-7-13(10-14)11-15(26)28-3/h6-8,10,15,26H,4-5,9,11-12H2,1-3H3,(H,22,27)(H,21,23,24). The van der Waals surface area contributed by atoms with Crippen LogP contribution in [0.25, 0.3) is 11.2 Å². The monoisotopic (exact) mass is 401 g/mol. The van der Waals surface area contributed by atoms with Crippen molar-refractivity contribution in [3.8, 4) is 6.01 Å². The fourth-order valence-electron chi connectivity index (χ4n) is 3.03. The molecule has 9 nitrogen and oxygen atoms in total. The van der Waals surface area contributed by atoms with E-state index in [0.29, 0.717) is 36.6 Å². The van der Waals surface area contributed by atoms with Gasteiger partial charge in [-0.25, -0.2) is 4.79 Å². The van der Waals surface area contributed by atoms with Crippen molar-refractivity contribution in [1.82, 2.24) is 19.5 Å². The van der Waals surface area contributed by atoms with Crippen LogP contribution in [0.3, 0.4) is 0 Å². The van der Waals surface area contributed by atoms with E-state index in [1.807, 2.05) is 24.3 Å². The van der Waals surface area contributed by atoms with Crippen molar-refractivity contribution < 1.29 is 14.6 Å². The number of fused-ring (bicyclic) bond motifs is 1. The number of ether oxygens (including phenoxy) is 2. The van der Waals surface area contributed by atoms with Crippen LogP contribution in [0.4, 0.5) is 5.82 Å². The lowest BCUT2D eigenvalue weighted by Crippen LogP contribution is -2.18. The van der Waals surface area contributed by atoms with E-state index in [1.165, 1.54) is 7.11 Å². The number of nitrogens with zero attached hydrogens (tertiary/aromatic N) is 3. The van der Waals surface area contributed by atoms with Gasteiger partial charge in [-0.05, 0) is 17.5 Å². The molecule has 156 valence electrons. The van der Waals surface area contributed by atoms with Crippen LogP contribution in [0.5, 0.6) is 6.01 Å². The van der Waals surface area contributed by atoms with Crippen molar-refractivity contribution in [3.05, 3.63) is 45.9 Å². The van der Waals surface area contributed by atoms with Gasteiger partial charge < -0.3 is 24.9 Å². The Bertz CT molecular complexity index is 1010. The zero-order valence-electron chi connectivity index (χ0n) is 16.9. The summed E-state index contributed by atoms with van der Waals surface area (Å²) >= 11 is 0. The minimum atomic E-state index is -0.866. The highest BCUT2D eigenvalue weighted by molar-refractivity contribution is 5.83. The number of hydrogen-bond donors (Lipinski definition) is 3. The molecule has 1 aromatic carbocycles. The number of anilines is 1.